The van der Waals surface area contributed by atoms with Gasteiger partial charge in [-0.05, 0) is 34.0 Å². The average molecular weight is 250 g/mol. The van der Waals surface area contributed by atoms with Gasteiger partial charge in [0.1, 0.15) is 17.3 Å². The van der Waals surface area contributed by atoms with Crippen LogP contribution in [0.4, 0.5) is 5.82 Å². The second-order valence-electron chi connectivity index (χ2n) is 4.41. The third-order valence-electron chi connectivity index (χ3n) is 2.65. The summed E-state index contributed by atoms with van der Waals surface area (Å²) in [5.74, 6) is 0.783. The first-order valence-electron chi connectivity index (χ1n) is 6.10. The number of anilines is 1. The Hall–Kier alpha value is -1.69. The van der Waals surface area contributed by atoms with Crippen LogP contribution in [0.2, 0.25) is 0 Å². The zero-order valence-corrected chi connectivity index (χ0v) is 11.3. The Labute approximate surface area is 108 Å². The molecule has 0 atom stereocenters. The van der Waals surface area contributed by atoms with E-state index in [4.69, 9.17) is 11.1 Å². The minimum Gasteiger partial charge on any atom is -0.382 e. The lowest BCUT2D eigenvalue weighted by Crippen LogP contribution is -2.28. The number of nitrogen functional groups attached to an aromatic ring is 1. The van der Waals surface area contributed by atoms with Gasteiger partial charge in [0, 0.05) is 13.1 Å². The molecule has 6 heteroatoms. The summed E-state index contributed by atoms with van der Waals surface area (Å²) in [6, 6.07) is 0. The Balaban J connectivity index is 2.61. The highest BCUT2D eigenvalue weighted by Crippen LogP contribution is 2.09. The van der Waals surface area contributed by atoms with E-state index in [-0.39, 0.29) is 5.84 Å². The predicted octanol–water partition coefficient (Wildman–Crippen LogP) is 0.539. The van der Waals surface area contributed by atoms with E-state index < -0.39 is 0 Å². The molecule has 0 amide bonds. The fourth-order valence-electron chi connectivity index (χ4n) is 1.64. The maximum atomic E-state index is 7.27. The van der Waals surface area contributed by atoms with Gasteiger partial charge in [-0.25, -0.2) is 9.97 Å². The summed E-state index contributed by atoms with van der Waals surface area (Å²) in [5.41, 5.74) is 5.77. The fraction of sp³-hybridized carbons (Fsp3) is 0.583. The fourth-order valence-corrected chi connectivity index (χ4v) is 1.64. The van der Waals surface area contributed by atoms with Gasteiger partial charge in [-0.3, -0.25) is 5.41 Å². The molecule has 0 spiro atoms. The van der Waals surface area contributed by atoms with Crippen molar-refractivity contribution in [3.8, 4) is 0 Å². The molecule has 0 fully saturated rings. The standard InChI is InChI=1S/C12H22N6/c1-4-18(7-5-6-17(2)3)11-9-15-10(8-16-11)12(13)14/h8-9H,4-7H2,1-3H3,(H3,13,14). The molecule has 3 N–H and O–H groups in total. The van der Waals surface area contributed by atoms with Gasteiger partial charge in [-0.2, -0.15) is 0 Å². The highest BCUT2D eigenvalue weighted by Gasteiger charge is 2.07. The molecule has 1 aromatic rings. The Morgan fingerprint density at radius 2 is 2.00 bits per heavy atom. The Morgan fingerprint density at radius 1 is 1.28 bits per heavy atom. The van der Waals surface area contributed by atoms with Crippen molar-refractivity contribution in [2.24, 2.45) is 5.73 Å². The van der Waals surface area contributed by atoms with E-state index in [0.717, 1.165) is 31.9 Å². The van der Waals surface area contributed by atoms with Crippen LogP contribution < -0.4 is 10.6 Å². The van der Waals surface area contributed by atoms with Crippen LogP contribution in [0.1, 0.15) is 19.0 Å². The Bertz CT molecular complexity index is 373. The van der Waals surface area contributed by atoms with Crippen molar-refractivity contribution in [2.45, 2.75) is 13.3 Å². The van der Waals surface area contributed by atoms with Gasteiger partial charge in [0.15, 0.2) is 0 Å². The number of nitrogens with two attached hydrogens (primary N) is 1. The molecule has 1 rings (SSSR count). The van der Waals surface area contributed by atoms with Crippen LogP contribution in [-0.2, 0) is 0 Å². The Kier molecular flexibility index (Phi) is 5.51. The number of nitrogens with zero attached hydrogens (tertiary/aromatic N) is 4. The molecule has 0 saturated carbocycles. The minimum absolute atomic E-state index is 0.0512. The summed E-state index contributed by atoms with van der Waals surface area (Å²) in [5, 5.41) is 7.27. The first-order valence-corrected chi connectivity index (χ1v) is 6.10. The molecule has 0 aliphatic heterocycles. The zero-order chi connectivity index (χ0) is 13.5. The molecule has 100 valence electrons. The minimum atomic E-state index is -0.0512. The normalized spacial score (nSPS) is 10.7. The highest BCUT2D eigenvalue weighted by molar-refractivity contribution is 5.92. The first kappa shape index (κ1) is 14.4. The molecule has 1 heterocycles. The SMILES string of the molecule is CCN(CCCN(C)C)c1cnc(C(=N)N)cn1. The first-order chi connectivity index (χ1) is 8.54. The smallest absolute Gasteiger partial charge is 0.147 e. The summed E-state index contributed by atoms with van der Waals surface area (Å²) in [7, 11) is 4.13. The zero-order valence-electron chi connectivity index (χ0n) is 11.3. The molecule has 0 aromatic carbocycles. The second kappa shape index (κ2) is 6.90. The molecular weight excluding hydrogens is 228 g/mol. The average Bonchev–Trinajstić information content (AvgIpc) is 2.34. The monoisotopic (exact) mass is 250 g/mol. The van der Waals surface area contributed by atoms with E-state index in [1.54, 1.807) is 12.4 Å². The van der Waals surface area contributed by atoms with Crippen LogP contribution in [0.15, 0.2) is 12.4 Å². The quantitative estimate of drug-likeness (QED) is 0.545. The topological polar surface area (TPSA) is 82.1 Å². The molecule has 0 radical (unpaired) electrons. The van der Waals surface area contributed by atoms with Gasteiger partial charge in [-0.15, -0.1) is 0 Å². The molecule has 18 heavy (non-hydrogen) atoms. The van der Waals surface area contributed by atoms with Gasteiger partial charge < -0.3 is 15.5 Å². The van der Waals surface area contributed by atoms with E-state index >= 15 is 0 Å². The van der Waals surface area contributed by atoms with E-state index in [0.29, 0.717) is 5.69 Å². The number of hydrogen-bond donors (Lipinski definition) is 2. The molecule has 6 nitrogen and oxygen atoms in total. The molecule has 0 bridgehead atoms. The summed E-state index contributed by atoms with van der Waals surface area (Å²) in [6.07, 6.45) is 4.30. The lowest BCUT2D eigenvalue weighted by Gasteiger charge is -2.22. The van der Waals surface area contributed by atoms with Crippen molar-refractivity contribution in [2.75, 3.05) is 38.6 Å². The molecule has 0 aliphatic carbocycles. The lowest BCUT2D eigenvalue weighted by molar-refractivity contribution is 0.400. The summed E-state index contributed by atoms with van der Waals surface area (Å²) < 4.78 is 0. The van der Waals surface area contributed by atoms with Crippen LogP contribution in [0.3, 0.4) is 0 Å². The van der Waals surface area contributed by atoms with Crippen LogP contribution in [0.25, 0.3) is 0 Å². The number of rotatable bonds is 7. The van der Waals surface area contributed by atoms with Gasteiger partial charge in [-0.1, -0.05) is 0 Å². The largest absolute Gasteiger partial charge is 0.382 e. The highest BCUT2D eigenvalue weighted by atomic mass is 15.2. The number of hydrogen-bond acceptors (Lipinski definition) is 5. The number of amidine groups is 1. The van der Waals surface area contributed by atoms with Crippen molar-refractivity contribution in [3.05, 3.63) is 18.1 Å². The van der Waals surface area contributed by atoms with Crippen molar-refractivity contribution < 1.29 is 0 Å². The van der Waals surface area contributed by atoms with E-state index in [1.165, 1.54) is 0 Å². The maximum absolute atomic E-state index is 7.27. The van der Waals surface area contributed by atoms with Crippen molar-refractivity contribution in [3.63, 3.8) is 0 Å². The van der Waals surface area contributed by atoms with Gasteiger partial charge in [0.05, 0.1) is 12.4 Å². The molecule has 0 aliphatic rings. The summed E-state index contributed by atoms with van der Waals surface area (Å²) in [4.78, 5) is 12.8. The molecule has 0 saturated heterocycles. The molecule has 1 aromatic heterocycles. The summed E-state index contributed by atoms with van der Waals surface area (Å²) in [6.45, 7) is 4.98. The lowest BCUT2D eigenvalue weighted by atomic mass is 10.3. The van der Waals surface area contributed by atoms with Gasteiger partial charge in [0.25, 0.3) is 0 Å². The molecule has 0 unspecified atom stereocenters. The second-order valence-corrected chi connectivity index (χ2v) is 4.41. The van der Waals surface area contributed by atoms with Crippen molar-refractivity contribution in [1.82, 2.24) is 14.9 Å². The van der Waals surface area contributed by atoms with E-state index in [1.807, 2.05) is 0 Å². The molecular formula is C12H22N6. The third-order valence-corrected chi connectivity index (χ3v) is 2.65. The summed E-state index contributed by atoms with van der Waals surface area (Å²) >= 11 is 0. The number of aromatic nitrogens is 2. The van der Waals surface area contributed by atoms with E-state index in [9.17, 15) is 0 Å². The van der Waals surface area contributed by atoms with Crippen LogP contribution >= 0.6 is 0 Å². The van der Waals surface area contributed by atoms with E-state index in [2.05, 4.69) is 40.8 Å². The Morgan fingerprint density at radius 3 is 2.44 bits per heavy atom. The van der Waals surface area contributed by atoms with Crippen LogP contribution in [-0.4, -0.2) is 54.4 Å². The maximum Gasteiger partial charge on any atom is 0.147 e. The third kappa shape index (κ3) is 4.29. The van der Waals surface area contributed by atoms with Crippen LogP contribution in [0.5, 0.6) is 0 Å². The van der Waals surface area contributed by atoms with Crippen molar-refractivity contribution in [1.29, 1.82) is 5.41 Å². The van der Waals surface area contributed by atoms with Gasteiger partial charge in [0.2, 0.25) is 0 Å². The van der Waals surface area contributed by atoms with Crippen molar-refractivity contribution >= 4 is 11.7 Å². The van der Waals surface area contributed by atoms with Crippen LogP contribution in [0, 0.1) is 5.41 Å². The number of nitrogens with one attached hydrogen (secondary N) is 1. The van der Waals surface area contributed by atoms with Gasteiger partial charge >= 0.3 is 0 Å². The predicted molar refractivity (Wildman–Crippen MR) is 74.1 cm³/mol.